The van der Waals surface area contributed by atoms with Crippen LogP contribution in [0.3, 0.4) is 0 Å². The monoisotopic (exact) mass is 293 g/mol. The molecule has 1 aromatic rings. The first-order valence-corrected chi connectivity index (χ1v) is 5.51. The van der Waals surface area contributed by atoms with Gasteiger partial charge in [0.15, 0.2) is 0 Å². The van der Waals surface area contributed by atoms with Gasteiger partial charge in [0.1, 0.15) is 10.9 Å². The molecule has 0 saturated carbocycles. The van der Waals surface area contributed by atoms with Crippen molar-refractivity contribution in [3.8, 4) is 0 Å². The van der Waals surface area contributed by atoms with Gasteiger partial charge in [-0.25, -0.2) is 4.98 Å². The Labute approximate surface area is 112 Å². The number of rotatable bonds is 4. The molecule has 8 heteroatoms. The van der Waals surface area contributed by atoms with Crippen LogP contribution in [-0.4, -0.2) is 24.0 Å². The number of nitrogens with two attached hydrogens (primary N) is 1. The van der Waals surface area contributed by atoms with Crippen molar-refractivity contribution in [3.63, 3.8) is 0 Å². The number of aromatic nitrogens is 1. The molecule has 0 unspecified atom stereocenters. The summed E-state index contributed by atoms with van der Waals surface area (Å²) < 4.78 is 36.8. The average Bonchev–Trinajstić information content (AvgIpc) is 2.35. The van der Waals surface area contributed by atoms with E-state index in [1.54, 1.807) is 6.07 Å². The third-order valence-electron chi connectivity index (χ3n) is 2.30. The number of halogens is 4. The highest BCUT2D eigenvalue weighted by Crippen LogP contribution is 2.20. The summed E-state index contributed by atoms with van der Waals surface area (Å²) in [6.45, 7) is 0. The van der Waals surface area contributed by atoms with Gasteiger partial charge in [-0.15, -0.1) is 0 Å². The molecule has 0 atom stereocenters. The topological polar surface area (TPSA) is 68.0 Å². The lowest BCUT2D eigenvalue weighted by Gasteiger charge is -2.12. The molecule has 0 amide bonds. The minimum atomic E-state index is -5.00. The molecule has 0 fully saturated rings. The van der Waals surface area contributed by atoms with Crippen LogP contribution < -0.4 is 11.1 Å². The van der Waals surface area contributed by atoms with Gasteiger partial charge in [0, 0.05) is 25.4 Å². The number of ketones is 1. The number of likely N-dealkylation sites (N-methyl/N-ethyl adjacent to an activating group) is 1. The lowest BCUT2D eigenvalue weighted by atomic mass is 10.1. The molecule has 0 bridgehead atoms. The zero-order chi connectivity index (χ0) is 14.6. The summed E-state index contributed by atoms with van der Waals surface area (Å²) in [5.41, 5.74) is 4.93. The Morgan fingerprint density at radius 1 is 1.47 bits per heavy atom. The van der Waals surface area contributed by atoms with Gasteiger partial charge in [0.05, 0.1) is 0 Å². The minimum Gasteiger partial charge on any atom is -0.394 e. The van der Waals surface area contributed by atoms with Crippen LogP contribution in [0, 0.1) is 0 Å². The molecule has 1 aromatic heterocycles. The number of carbonyl (C=O) groups is 1. The molecule has 0 radical (unpaired) electrons. The second kappa shape index (κ2) is 5.92. The lowest BCUT2D eigenvalue weighted by Crippen LogP contribution is -2.32. The predicted molar refractivity (Wildman–Crippen MR) is 64.3 cm³/mol. The van der Waals surface area contributed by atoms with Crippen LogP contribution in [0.5, 0.6) is 0 Å². The third kappa shape index (κ3) is 4.13. The highest BCUT2D eigenvalue weighted by Gasteiger charge is 2.40. The first-order chi connectivity index (χ1) is 8.75. The maximum Gasteiger partial charge on any atom is 0.456 e. The zero-order valence-electron chi connectivity index (χ0n) is 9.88. The van der Waals surface area contributed by atoms with Crippen LogP contribution in [0.4, 0.5) is 13.2 Å². The molecule has 0 aliphatic carbocycles. The summed E-state index contributed by atoms with van der Waals surface area (Å²) in [5.74, 6) is -2.07. The summed E-state index contributed by atoms with van der Waals surface area (Å²) in [6, 6.07) is 3.07. The molecular weight excluding hydrogens is 283 g/mol. The largest absolute Gasteiger partial charge is 0.456 e. The Bertz CT molecular complexity index is 497. The van der Waals surface area contributed by atoms with Crippen LogP contribution in [0.25, 0.3) is 0 Å². The predicted octanol–water partition coefficient (Wildman–Crippen LogP) is 1.80. The first-order valence-electron chi connectivity index (χ1n) is 5.14. The summed E-state index contributed by atoms with van der Waals surface area (Å²) in [7, 11) is 1.38. The van der Waals surface area contributed by atoms with E-state index < -0.39 is 17.7 Å². The third-order valence-corrected chi connectivity index (χ3v) is 2.52. The lowest BCUT2D eigenvalue weighted by molar-refractivity contribution is -0.166. The fourth-order valence-electron chi connectivity index (χ4n) is 1.32. The molecule has 0 aliphatic rings. The Balaban J connectivity index is 3.00. The molecule has 3 N–H and O–H groups in total. The maximum atomic E-state index is 12.3. The highest BCUT2D eigenvalue weighted by atomic mass is 35.5. The van der Waals surface area contributed by atoms with E-state index in [9.17, 15) is 18.0 Å². The number of allylic oxidation sites excluding steroid dienone is 2. The van der Waals surface area contributed by atoms with Crippen molar-refractivity contribution in [2.45, 2.75) is 12.6 Å². The van der Waals surface area contributed by atoms with Gasteiger partial charge in [-0.2, -0.15) is 13.2 Å². The standard InChI is InChI=1S/C11H11ClF3N3O/c1-17-7(9(16)10(19)11(13,14)15)4-6-2-3-8(12)18-5-6/h2-3,5,17H,4,16H2,1H3. The summed E-state index contributed by atoms with van der Waals surface area (Å²) in [6.07, 6.45) is -3.58. The number of hydrogen-bond acceptors (Lipinski definition) is 4. The van der Waals surface area contributed by atoms with Crippen molar-refractivity contribution >= 4 is 17.4 Å². The van der Waals surface area contributed by atoms with E-state index in [-0.39, 0.29) is 17.3 Å². The molecule has 1 rings (SSSR count). The van der Waals surface area contributed by atoms with Crippen molar-refractivity contribution in [1.82, 2.24) is 10.3 Å². The quantitative estimate of drug-likeness (QED) is 0.656. The first kappa shape index (κ1) is 15.3. The SMILES string of the molecule is CNC(Cc1ccc(Cl)nc1)=C(N)C(=O)C(F)(F)F. The Morgan fingerprint density at radius 2 is 2.11 bits per heavy atom. The van der Waals surface area contributed by atoms with Gasteiger partial charge in [-0.1, -0.05) is 17.7 Å². The van der Waals surface area contributed by atoms with Gasteiger partial charge in [0.2, 0.25) is 0 Å². The number of hydrogen-bond donors (Lipinski definition) is 2. The number of carbonyl (C=O) groups excluding carboxylic acids is 1. The van der Waals surface area contributed by atoms with Crippen molar-refractivity contribution < 1.29 is 18.0 Å². The van der Waals surface area contributed by atoms with E-state index in [2.05, 4.69) is 10.3 Å². The molecule has 4 nitrogen and oxygen atoms in total. The molecule has 0 spiro atoms. The number of pyridine rings is 1. The molecule has 0 saturated heterocycles. The van der Waals surface area contributed by atoms with Crippen molar-refractivity contribution in [3.05, 3.63) is 40.4 Å². The number of nitrogens with one attached hydrogen (secondary N) is 1. The Morgan fingerprint density at radius 3 is 2.53 bits per heavy atom. The van der Waals surface area contributed by atoms with Crippen molar-refractivity contribution in [2.24, 2.45) is 5.73 Å². The summed E-state index contributed by atoms with van der Waals surface area (Å²) in [4.78, 5) is 14.8. The van der Waals surface area contributed by atoms with Gasteiger partial charge < -0.3 is 11.1 Å². The maximum absolute atomic E-state index is 12.3. The number of Topliss-reactive ketones (excluding diaryl/α,β-unsaturated/α-hetero) is 1. The van der Waals surface area contributed by atoms with Crippen LogP contribution in [0.2, 0.25) is 5.15 Å². The molecule has 0 aliphatic heterocycles. The van der Waals surface area contributed by atoms with E-state index in [0.717, 1.165) is 0 Å². The number of alkyl halides is 3. The van der Waals surface area contributed by atoms with Gasteiger partial charge in [0.25, 0.3) is 5.78 Å². The van der Waals surface area contributed by atoms with Crippen LogP contribution in [0.1, 0.15) is 5.56 Å². The smallest absolute Gasteiger partial charge is 0.394 e. The fourth-order valence-corrected chi connectivity index (χ4v) is 1.43. The van der Waals surface area contributed by atoms with E-state index in [1.807, 2.05) is 0 Å². The second-order valence-electron chi connectivity index (χ2n) is 3.64. The minimum absolute atomic E-state index is 0.0218. The zero-order valence-corrected chi connectivity index (χ0v) is 10.6. The van der Waals surface area contributed by atoms with Crippen molar-refractivity contribution in [2.75, 3.05) is 7.05 Å². The van der Waals surface area contributed by atoms with Gasteiger partial charge >= 0.3 is 6.18 Å². The summed E-state index contributed by atoms with van der Waals surface area (Å²) >= 11 is 5.59. The van der Waals surface area contributed by atoms with E-state index in [1.165, 1.54) is 19.3 Å². The van der Waals surface area contributed by atoms with E-state index >= 15 is 0 Å². The molecule has 104 valence electrons. The molecule has 0 aromatic carbocycles. The van der Waals surface area contributed by atoms with Gasteiger partial charge in [-0.05, 0) is 11.6 Å². The fraction of sp³-hybridized carbons (Fsp3) is 0.273. The van der Waals surface area contributed by atoms with Crippen LogP contribution in [0.15, 0.2) is 29.7 Å². The van der Waals surface area contributed by atoms with Crippen molar-refractivity contribution in [1.29, 1.82) is 0 Å². The highest BCUT2D eigenvalue weighted by molar-refractivity contribution is 6.29. The van der Waals surface area contributed by atoms with Gasteiger partial charge in [-0.3, -0.25) is 4.79 Å². The Kier molecular flexibility index (Phi) is 4.77. The average molecular weight is 294 g/mol. The summed E-state index contributed by atoms with van der Waals surface area (Å²) in [5, 5.41) is 2.75. The number of nitrogens with zero attached hydrogens (tertiary/aromatic N) is 1. The van der Waals surface area contributed by atoms with Crippen LogP contribution >= 0.6 is 11.6 Å². The van der Waals surface area contributed by atoms with E-state index in [4.69, 9.17) is 17.3 Å². The molecule has 1 heterocycles. The molecular formula is C11H11ClF3N3O. The second-order valence-corrected chi connectivity index (χ2v) is 4.02. The van der Waals surface area contributed by atoms with Crippen LogP contribution in [-0.2, 0) is 11.2 Å². The molecule has 19 heavy (non-hydrogen) atoms. The van der Waals surface area contributed by atoms with E-state index in [0.29, 0.717) is 5.56 Å². The Hall–Kier alpha value is -1.76. The normalized spacial score (nSPS) is 12.9.